The van der Waals surface area contributed by atoms with Crippen molar-refractivity contribution in [3.8, 4) is 0 Å². The highest BCUT2D eigenvalue weighted by molar-refractivity contribution is 6.76. The van der Waals surface area contributed by atoms with Gasteiger partial charge in [0.25, 0.3) is 8.32 Å². The fourth-order valence-corrected chi connectivity index (χ4v) is 10.9. The van der Waals surface area contributed by atoms with E-state index < -0.39 is 20.3 Å². The Bertz CT molecular complexity index is 487. The number of carboxylic acids is 1. The molecule has 0 spiro atoms. The van der Waals surface area contributed by atoms with E-state index in [4.69, 9.17) is 9.53 Å². The van der Waals surface area contributed by atoms with E-state index >= 15 is 0 Å². The van der Waals surface area contributed by atoms with E-state index in [1.165, 1.54) is 38.5 Å². The third-order valence-corrected chi connectivity index (χ3v) is 11.5. The molecule has 0 saturated carbocycles. The smallest absolute Gasteiger partial charge is 0.328 e. The van der Waals surface area contributed by atoms with Gasteiger partial charge in [0, 0.05) is 12.2 Å². The number of hydrogen-bond donors (Lipinski definition) is 1. The van der Waals surface area contributed by atoms with E-state index in [1.54, 1.807) is 0 Å². The average Bonchev–Trinajstić information content (AvgIpc) is 2.57. The van der Waals surface area contributed by atoms with Gasteiger partial charge in [0.1, 0.15) is 0 Å². The van der Waals surface area contributed by atoms with E-state index in [2.05, 4.69) is 48.5 Å². The summed E-state index contributed by atoms with van der Waals surface area (Å²) in [7, 11) is -2.42. The molecule has 0 heterocycles. The van der Waals surface area contributed by atoms with Crippen LogP contribution in [-0.2, 0) is 14.0 Å². The van der Waals surface area contributed by atoms with Crippen molar-refractivity contribution in [2.75, 3.05) is 0 Å². The second-order valence-corrected chi connectivity index (χ2v) is 13.7. The minimum Gasteiger partial charge on any atom is -0.516 e. The predicted molar refractivity (Wildman–Crippen MR) is 124 cm³/mol. The maximum Gasteiger partial charge on any atom is 0.328 e. The van der Waals surface area contributed by atoms with Crippen molar-refractivity contribution in [1.82, 2.24) is 0 Å². The summed E-state index contributed by atoms with van der Waals surface area (Å²) in [5.41, 5.74) is 0.403. The second kappa shape index (κ2) is 14.8. The quantitative estimate of drug-likeness (QED) is 0.161. The zero-order valence-corrected chi connectivity index (χ0v) is 21.0. The number of rotatable bonds is 16. The molecule has 5 heteroatoms. The maximum absolute atomic E-state index is 12.6. The molecule has 0 fully saturated rings. The fraction of sp³-hybridized carbons (Fsp3) is 0.833. The summed E-state index contributed by atoms with van der Waals surface area (Å²) in [6.07, 6.45) is 10.7. The summed E-state index contributed by atoms with van der Waals surface area (Å²) in [6.45, 7) is 15.5. The molecule has 0 aromatic carbocycles. The zero-order valence-electron chi connectivity index (χ0n) is 20.0. The summed E-state index contributed by atoms with van der Waals surface area (Å²) in [4.78, 5) is 23.4. The van der Waals surface area contributed by atoms with Crippen LogP contribution in [0.25, 0.3) is 0 Å². The summed E-state index contributed by atoms with van der Waals surface area (Å²) < 4.78 is 6.28. The van der Waals surface area contributed by atoms with Crippen molar-refractivity contribution in [2.24, 2.45) is 17.8 Å². The van der Waals surface area contributed by atoms with Gasteiger partial charge in [0.15, 0.2) is 0 Å². The summed E-state index contributed by atoms with van der Waals surface area (Å²) in [5, 5.41) is 8.87. The van der Waals surface area contributed by atoms with E-state index in [0.29, 0.717) is 23.3 Å². The Labute approximate surface area is 180 Å². The Morgan fingerprint density at radius 1 is 0.862 bits per heavy atom. The highest BCUT2D eigenvalue weighted by Gasteiger charge is 2.47. The van der Waals surface area contributed by atoms with Gasteiger partial charge < -0.3 is 9.53 Å². The molecule has 0 amide bonds. The highest BCUT2D eigenvalue weighted by atomic mass is 28.4. The lowest BCUT2D eigenvalue weighted by atomic mass is 10.0. The fourth-order valence-electron chi connectivity index (χ4n) is 4.65. The Morgan fingerprint density at radius 2 is 1.38 bits per heavy atom. The molecular weight excluding hydrogens is 380 g/mol. The molecule has 29 heavy (non-hydrogen) atoms. The van der Waals surface area contributed by atoms with Gasteiger partial charge in [-0.25, -0.2) is 9.59 Å². The zero-order chi connectivity index (χ0) is 22.4. The Hall–Kier alpha value is -1.10. The van der Waals surface area contributed by atoms with Gasteiger partial charge in [0.05, 0.1) is 0 Å². The molecule has 1 unspecified atom stereocenters. The van der Waals surface area contributed by atoms with Crippen LogP contribution >= 0.6 is 0 Å². The molecule has 0 aliphatic rings. The third-order valence-electron chi connectivity index (χ3n) is 5.52. The van der Waals surface area contributed by atoms with Crippen molar-refractivity contribution in [3.05, 3.63) is 12.2 Å². The van der Waals surface area contributed by atoms with Crippen molar-refractivity contribution in [1.29, 1.82) is 0 Å². The molecule has 0 radical (unpaired) electrons. The van der Waals surface area contributed by atoms with Crippen LogP contribution in [0, 0.1) is 17.8 Å². The van der Waals surface area contributed by atoms with Gasteiger partial charge >= 0.3 is 11.9 Å². The molecule has 0 aliphatic carbocycles. The van der Waals surface area contributed by atoms with Crippen molar-refractivity contribution in [3.63, 3.8) is 0 Å². The van der Waals surface area contributed by atoms with Crippen LogP contribution in [0.1, 0.15) is 93.4 Å². The second-order valence-electron chi connectivity index (χ2n) is 9.76. The molecule has 170 valence electrons. The standard InChI is InChI=1S/C24H46O4Si/c1-8-9-10-11-12-13-14-22(21(6)7)29(17-19(2)3,18-20(4)5)28-24(27)16-15-23(25)26/h15-16,19-22H,8-14,17-18H2,1-7H3,(H,25,26)/b16-15-. The molecule has 0 aromatic heterocycles. The lowest BCUT2D eigenvalue weighted by Gasteiger charge is -2.42. The van der Waals surface area contributed by atoms with Crippen LogP contribution in [0.15, 0.2) is 12.2 Å². The number of aliphatic carboxylic acids is 1. The van der Waals surface area contributed by atoms with Crippen molar-refractivity contribution >= 4 is 20.3 Å². The van der Waals surface area contributed by atoms with Crippen molar-refractivity contribution < 1.29 is 19.1 Å². The van der Waals surface area contributed by atoms with Gasteiger partial charge in [-0.15, -0.1) is 0 Å². The van der Waals surface area contributed by atoms with Gasteiger partial charge in [-0.1, -0.05) is 87.0 Å². The molecule has 0 bridgehead atoms. The van der Waals surface area contributed by atoms with Crippen LogP contribution < -0.4 is 0 Å². The largest absolute Gasteiger partial charge is 0.516 e. The maximum atomic E-state index is 12.6. The number of carboxylic acid groups (broad SMARTS) is 1. The van der Waals surface area contributed by atoms with Crippen LogP contribution in [0.3, 0.4) is 0 Å². The normalized spacial score (nSPS) is 13.6. The molecule has 0 rings (SSSR count). The van der Waals surface area contributed by atoms with Gasteiger partial charge in [-0.3, -0.25) is 0 Å². The van der Waals surface area contributed by atoms with Crippen LogP contribution in [0.2, 0.25) is 17.6 Å². The molecule has 0 aromatic rings. The van der Waals surface area contributed by atoms with Crippen molar-refractivity contribution in [2.45, 2.75) is 111 Å². The van der Waals surface area contributed by atoms with Crippen LogP contribution in [-0.4, -0.2) is 25.4 Å². The van der Waals surface area contributed by atoms with Crippen LogP contribution in [0.4, 0.5) is 0 Å². The first-order valence-corrected chi connectivity index (χ1v) is 14.1. The Morgan fingerprint density at radius 3 is 1.83 bits per heavy atom. The van der Waals surface area contributed by atoms with Crippen LogP contribution in [0.5, 0.6) is 0 Å². The van der Waals surface area contributed by atoms with Gasteiger partial charge in [-0.05, 0) is 41.8 Å². The van der Waals surface area contributed by atoms with E-state index in [1.807, 2.05) is 0 Å². The van der Waals surface area contributed by atoms with Gasteiger partial charge in [0.2, 0.25) is 0 Å². The predicted octanol–water partition coefficient (Wildman–Crippen LogP) is 7.20. The SMILES string of the molecule is CCCCCCCCC(C(C)C)[Si](CC(C)C)(CC(C)C)OC(=O)/C=C\C(=O)O. The Balaban J connectivity index is 5.57. The molecule has 1 N–H and O–H groups in total. The minimum absolute atomic E-state index is 0.403. The first-order valence-electron chi connectivity index (χ1n) is 11.7. The third kappa shape index (κ3) is 12.2. The van der Waals surface area contributed by atoms with E-state index in [9.17, 15) is 9.59 Å². The first-order chi connectivity index (χ1) is 13.5. The molecular formula is C24H46O4Si. The Kier molecular flexibility index (Phi) is 14.2. The van der Waals surface area contributed by atoms with Gasteiger partial charge in [-0.2, -0.15) is 0 Å². The summed E-state index contributed by atoms with van der Waals surface area (Å²) in [6, 6.07) is 1.88. The number of unbranched alkanes of at least 4 members (excludes halogenated alkanes) is 5. The monoisotopic (exact) mass is 426 g/mol. The minimum atomic E-state index is -2.42. The first kappa shape index (κ1) is 27.9. The number of hydrogen-bond acceptors (Lipinski definition) is 3. The number of carbonyl (C=O) groups excluding carboxylic acids is 1. The summed E-state index contributed by atoms with van der Waals surface area (Å²) in [5.74, 6) is -0.251. The molecule has 0 saturated heterocycles. The van der Waals surface area contributed by atoms with E-state index in [0.717, 1.165) is 30.7 Å². The van der Waals surface area contributed by atoms with E-state index in [-0.39, 0.29) is 0 Å². The molecule has 4 nitrogen and oxygen atoms in total. The lowest BCUT2D eigenvalue weighted by Crippen LogP contribution is -2.48. The molecule has 0 aliphatic heterocycles. The lowest BCUT2D eigenvalue weighted by molar-refractivity contribution is -0.133. The highest BCUT2D eigenvalue weighted by Crippen LogP contribution is 2.44. The average molecular weight is 427 g/mol. The topological polar surface area (TPSA) is 63.6 Å². The number of carbonyl (C=O) groups is 2. The summed E-state index contributed by atoms with van der Waals surface area (Å²) >= 11 is 0. The molecule has 1 atom stereocenters.